The highest BCUT2D eigenvalue weighted by Gasteiger charge is 2.08. The number of carbonyl (C=O) groups is 1. The minimum Gasteiger partial charge on any atom is -0.494 e. The average Bonchev–Trinajstić information content (AvgIpc) is 2.83. The molecule has 1 aromatic carbocycles. The fourth-order valence-electron chi connectivity index (χ4n) is 1.76. The van der Waals surface area contributed by atoms with E-state index in [4.69, 9.17) is 4.74 Å². The van der Waals surface area contributed by atoms with E-state index in [1.165, 1.54) is 16.3 Å². The molecule has 0 aliphatic heterocycles. The number of aromatic nitrogens is 3. The van der Waals surface area contributed by atoms with E-state index in [0.717, 1.165) is 11.3 Å². The largest absolute Gasteiger partial charge is 0.494 e. The second-order valence-electron chi connectivity index (χ2n) is 4.52. The van der Waals surface area contributed by atoms with Gasteiger partial charge in [-0.05, 0) is 24.6 Å². The summed E-state index contributed by atoms with van der Waals surface area (Å²) in [6, 6.07) is 7.59. The molecule has 0 atom stereocenters. The highest BCUT2D eigenvalue weighted by molar-refractivity contribution is 7.99. The van der Waals surface area contributed by atoms with Crippen LogP contribution in [-0.2, 0) is 18.4 Å². The molecule has 22 heavy (non-hydrogen) atoms. The molecule has 0 aliphatic carbocycles. The Morgan fingerprint density at radius 3 is 3.00 bits per heavy atom. The lowest BCUT2D eigenvalue weighted by Gasteiger charge is -2.07. The van der Waals surface area contributed by atoms with Crippen LogP contribution in [0.2, 0.25) is 0 Å². The van der Waals surface area contributed by atoms with Gasteiger partial charge in [-0.2, -0.15) is 0 Å². The van der Waals surface area contributed by atoms with Gasteiger partial charge in [0.25, 0.3) is 0 Å². The summed E-state index contributed by atoms with van der Waals surface area (Å²) in [6.45, 7) is 2.96. The first-order valence-electron chi connectivity index (χ1n) is 6.82. The van der Waals surface area contributed by atoms with Crippen molar-refractivity contribution in [3.05, 3.63) is 40.3 Å². The minimum atomic E-state index is -0.296. The Kier molecular flexibility index (Phi) is 5.65. The maximum Gasteiger partial charge on any atom is 0.343 e. The van der Waals surface area contributed by atoms with Crippen LogP contribution in [0.5, 0.6) is 5.75 Å². The molecule has 0 unspecified atom stereocenters. The van der Waals surface area contributed by atoms with Crippen molar-refractivity contribution in [3.63, 3.8) is 0 Å². The lowest BCUT2D eigenvalue weighted by Crippen LogP contribution is -2.24. The van der Waals surface area contributed by atoms with Crippen molar-refractivity contribution in [2.75, 3.05) is 12.4 Å². The van der Waals surface area contributed by atoms with Gasteiger partial charge in [-0.25, -0.2) is 9.89 Å². The number of aromatic amines is 1. The third-order valence-corrected chi connectivity index (χ3v) is 3.90. The second kappa shape index (κ2) is 7.69. The van der Waals surface area contributed by atoms with Crippen LogP contribution in [0.3, 0.4) is 0 Å². The zero-order valence-corrected chi connectivity index (χ0v) is 13.3. The van der Waals surface area contributed by atoms with Crippen LogP contribution in [0.1, 0.15) is 12.5 Å². The minimum absolute atomic E-state index is 0.123. The van der Waals surface area contributed by atoms with Gasteiger partial charge in [0.1, 0.15) is 5.75 Å². The number of hydrogen-bond donors (Lipinski definition) is 2. The number of amides is 1. The maximum atomic E-state index is 11.8. The van der Waals surface area contributed by atoms with Gasteiger partial charge in [-0.1, -0.05) is 23.9 Å². The molecule has 7 nitrogen and oxygen atoms in total. The van der Waals surface area contributed by atoms with Crippen molar-refractivity contribution in [1.29, 1.82) is 0 Å². The van der Waals surface area contributed by atoms with Crippen LogP contribution in [0.15, 0.2) is 34.2 Å². The Morgan fingerprint density at radius 2 is 2.32 bits per heavy atom. The topological polar surface area (TPSA) is 89.0 Å². The Labute approximate surface area is 132 Å². The third-order valence-electron chi connectivity index (χ3n) is 2.87. The highest BCUT2D eigenvalue weighted by Crippen LogP contribution is 2.14. The van der Waals surface area contributed by atoms with Crippen molar-refractivity contribution in [3.8, 4) is 5.75 Å². The summed E-state index contributed by atoms with van der Waals surface area (Å²) in [4.78, 5) is 23.0. The van der Waals surface area contributed by atoms with E-state index in [1.807, 2.05) is 31.2 Å². The van der Waals surface area contributed by atoms with Crippen molar-refractivity contribution < 1.29 is 9.53 Å². The van der Waals surface area contributed by atoms with Crippen LogP contribution in [0, 0.1) is 0 Å². The van der Waals surface area contributed by atoms with Crippen molar-refractivity contribution >= 4 is 17.7 Å². The molecular formula is C14H18N4O3S. The fourth-order valence-corrected chi connectivity index (χ4v) is 2.50. The summed E-state index contributed by atoms with van der Waals surface area (Å²) in [5, 5.41) is 9.47. The second-order valence-corrected chi connectivity index (χ2v) is 5.46. The smallest absolute Gasteiger partial charge is 0.343 e. The number of carbonyl (C=O) groups excluding carboxylic acids is 1. The number of thioether (sulfide) groups is 1. The van der Waals surface area contributed by atoms with E-state index < -0.39 is 0 Å². The molecule has 2 rings (SSSR count). The van der Waals surface area contributed by atoms with E-state index in [0.29, 0.717) is 18.3 Å². The molecule has 2 aromatic rings. The van der Waals surface area contributed by atoms with E-state index in [1.54, 1.807) is 7.05 Å². The highest BCUT2D eigenvalue weighted by atomic mass is 32.2. The average molecular weight is 322 g/mol. The van der Waals surface area contributed by atoms with E-state index in [9.17, 15) is 9.59 Å². The standard InChI is InChI=1S/C14H18N4O3S/c1-3-21-11-6-4-5-10(7-11)8-15-12(19)9-22-14-17-16-13(20)18(14)2/h4-7H,3,8-9H2,1-2H3,(H,15,19)(H,16,20). The molecule has 0 saturated heterocycles. The Morgan fingerprint density at radius 1 is 1.50 bits per heavy atom. The number of rotatable bonds is 7. The summed E-state index contributed by atoms with van der Waals surface area (Å²) >= 11 is 1.21. The molecule has 118 valence electrons. The number of nitrogens with one attached hydrogen (secondary N) is 2. The Bertz CT molecular complexity index is 695. The zero-order chi connectivity index (χ0) is 15.9. The molecule has 0 fully saturated rings. The molecule has 8 heteroatoms. The molecule has 1 amide bonds. The van der Waals surface area contributed by atoms with Gasteiger partial charge in [0, 0.05) is 13.6 Å². The molecule has 0 radical (unpaired) electrons. The summed E-state index contributed by atoms with van der Waals surface area (Å²) in [7, 11) is 1.60. The van der Waals surface area contributed by atoms with E-state index in [-0.39, 0.29) is 17.3 Å². The van der Waals surface area contributed by atoms with Crippen molar-refractivity contribution in [2.24, 2.45) is 7.05 Å². The molecule has 0 saturated carbocycles. The number of ether oxygens (including phenoxy) is 1. The molecule has 1 aromatic heterocycles. The Balaban J connectivity index is 1.81. The van der Waals surface area contributed by atoms with E-state index >= 15 is 0 Å². The predicted octanol–water partition coefficient (Wildman–Crippen LogP) is 0.916. The Hall–Kier alpha value is -2.22. The lowest BCUT2D eigenvalue weighted by molar-refractivity contribution is -0.118. The summed E-state index contributed by atoms with van der Waals surface area (Å²) in [5.41, 5.74) is 0.673. The monoisotopic (exact) mass is 322 g/mol. The number of benzene rings is 1. The van der Waals surface area contributed by atoms with Crippen LogP contribution >= 0.6 is 11.8 Å². The predicted molar refractivity (Wildman–Crippen MR) is 84.0 cm³/mol. The number of H-pyrrole nitrogens is 1. The molecule has 2 N–H and O–H groups in total. The van der Waals surface area contributed by atoms with Crippen LogP contribution in [-0.4, -0.2) is 33.0 Å². The molecule has 0 bridgehead atoms. The van der Waals surface area contributed by atoms with Gasteiger partial charge >= 0.3 is 5.69 Å². The summed E-state index contributed by atoms with van der Waals surface area (Å²) in [6.07, 6.45) is 0. The van der Waals surface area contributed by atoms with Crippen molar-refractivity contribution in [1.82, 2.24) is 20.1 Å². The zero-order valence-electron chi connectivity index (χ0n) is 12.5. The van der Waals surface area contributed by atoms with Gasteiger partial charge < -0.3 is 10.1 Å². The van der Waals surface area contributed by atoms with Gasteiger partial charge in [-0.15, -0.1) is 5.10 Å². The first-order chi connectivity index (χ1) is 10.6. The van der Waals surface area contributed by atoms with Crippen LogP contribution < -0.4 is 15.7 Å². The van der Waals surface area contributed by atoms with Gasteiger partial charge in [0.15, 0.2) is 5.16 Å². The fraction of sp³-hybridized carbons (Fsp3) is 0.357. The molecule has 0 spiro atoms. The van der Waals surface area contributed by atoms with Crippen molar-refractivity contribution in [2.45, 2.75) is 18.6 Å². The third kappa shape index (κ3) is 4.39. The molecular weight excluding hydrogens is 304 g/mol. The SMILES string of the molecule is CCOc1cccc(CNC(=O)CSc2n[nH]c(=O)n2C)c1. The van der Waals surface area contributed by atoms with Crippen LogP contribution in [0.25, 0.3) is 0 Å². The molecule has 0 aliphatic rings. The first-order valence-corrected chi connectivity index (χ1v) is 7.81. The first kappa shape index (κ1) is 16.2. The van der Waals surface area contributed by atoms with Gasteiger partial charge in [0.2, 0.25) is 5.91 Å². The lowest BCUT2D eigenvalue weighted by atomic mass is 10.2. The quantitative estimate of drug-likeness (QED) is 0.740. The van der Waals surface area contributed by atoms with Gasteiger partial charge in [0.05, 0.1) is 12.4 Å². The van der Waals surface area contributed by atoms with Gasteiger partial charge in [-0.3, -0.25) is 9.36 Å². The maximum absolute atomic E-state index is 11.8. The van der Waals surface area contributed by atoms with Crippen LogP contribution in [0.4, 0.5) is 0 Å². The number of hydrogen-bond acceptors (Lipinski definition) is 5. The summed E-state index contributed by atoms with van der Waals surface area (Å²) in [5.74, 6) is 0.862. The summed E-state index contributed by atoms with van der Waals surface area (Å²) < 4.78 is 6.78. The normalized spacial score (nSPS) is 10.5. The number of nitrogens with zero attached hydrogens (tertiary/aromatic N) is 2. The van der Waals surface area contributed by atoms with E-state index in [2.05, 4.69) is 15.5 Å². The molecule has 1 heterocycles.